The number of carbonyl (C=O) groups excluding carboxylic acids is 2. The Labute approximate surface area is 140 Å². The Bertz CT molecular complexity index is 424. The van der Waals surface area contributed by atoms with Crippen molar-refractivity contribution in [1.29, 1.82) is 0 Å². The van der Waals surface area contributed by atoms with Gasteiger partial charge in [-0.05, 0) is 45.4 Å². The van der Waals surface area contributed by atoms with Gasteiger partial charge in [0.1, 0.15) is 0 Å². The first-order valence-electron chi connectivity index (χ1n) is 9.30. The van der Waals surface area contributed by atoms with Crippen LogP contribution in [0.1, 0.15) is 59.3 Å². The first kappa shape index (κ1) is 18.2. The normalized spacial score (nSPS) is 28.3. The molecule has 2 amide bonds. The Balaban J connectivity index is 2.02. The average molecular weight is 323 g/mol. The molecule has 0 spiro atoms. The first-order chi connectivity index (χ1) is 11.0. The molecule has 2 heterocycles. The molecule has 0 bridgehead atoms. The van der Waals surface area contributed by atoms with E-state index in [1.165, 1.54) is 0 Å². The fourth-order valence-electron chi connectivity index (χ4n) is 3.88. The van der Waals surface area contributed by atoms with E-state index in [1.807, 2.05) is 30.6 Å². The number of likely N-dealkylation sites (tertiary alicyclic amines) is 2. The molecule has 2 saturated heterocycles. The number of nitrogens with two attached hydrogens (primary N) is 1. The van der Waals surface area contributed by atoms with Gasteiger partial charge < -0.3 is 15.5 Å². The number of hydrogen-bond donors (Lipinski definition) is 1. The van der Waals surface area contributed by atoms with Gasteiger partial charge in [0.25, 0.3) is 0 Å². The van der Waals surface area contributed by atoms with E-state index >= 15 is 0 Å². The van der Waals surface area contributed by atoms with Crippen molar-refractivity contribution in [1.82, 2.24) is 9.80 Å². The van der Waals surface area contributed by atoms with Crippen LogP contribution < -0.4 is 5.73 Å². The molecule has 5 heteroatoms. The highest BCUT2D eigenvalue weighted by Crippen LogP contribution is 2.26. The molecular weight excluding hydrogens is 290 g/mol. The zero-order valence-corrected chi connectivity index (χ0v) is 15.0. The van der Waals surface area contributed by atoms with Gasteiger partial charge in [0.05, 0.1) is 5.92 Å². The van der Waals surface area contributed by atoms with E-state index in [0.29, 0.717) is 6.54 Å². The van der Waals surface area contributed by atoms with Gasteiger partial charge in [-0.3, -0.25) is 9.59 Å². The maximum Gasteiger partial charge on any atom is 0.227 e. The van der Waals surface area contributed by atoms with Gasteiger partial charge >= 0.3 is 0 Å². The predicted molar refractivity (Wildman–Crippen MR) is 91.8 cm³/mol. The van der Waals surface area contributed by atoms with E-state index in [4.69, 9.17) is 5.73 Å². The highest BCUT2D eigenvalue weighted by molar-refractivity contribution is 5.82. The zero-order valence-electron chi connectivity index (χ0n) is 15.0. The molecule has 2 N–H and O–H groups in total. The molecule has 23 heavy (non-hydrogen) atoms. The average Bonchev–Trinajstić information content (AvgIpc) is 2.59. The van der Waals surface area contributed by atoms with E-state index in [-0.39, 0.29) is 35.7 Å². The Morgan fingerprint density at radius 3 is 2.52 bits per heavy atom. The van der Waals surface area contributed by atoms with Crippen molar-refractivity contribution >= 4 is 11.8 Å². The van der Waals surface area contributed by atoms with Crippen LogP contribution in [0, 0.1) is 11.8 Å². The maximum atomic E-state index is 13.0. The third-order valence-corrected chi connectivity index (χ3v) is 5.56. The summed E-state index contributed by atoms with van der Waals surface area (Å²) in [7, 11) is 0. The second kappa shape index (κ2) is 8.13. The lowest BCUT2D eigenvalue weighted by molar-refractivity contribution is -0.145. The molecule has 4 atom stereocenters. The monoisotopic (exact) mass is 323 g/mol. The first-order valence-corrected chi connectivity index (χ1v) is 9.30. The van der Waals surface area contributed by atoms with Gasteiger partial charge in [-0.15, -0.1) is 0 Å². The number of rotatable bonds is 4. The molecule has 0 radical (unpaired) electrons. The summed E-state index contributed by atoms with van der Waals surface area (Å²) in [6, 6.07) is 0.178. The second-order valence-electron chi connectivity index (χ2n) is 7.39. The lowest BCUT2D eigenvalue weighted by atomic mass is 9.91. The molecule has 0 aromatic heterocycles. The van der Waals surface area contributed by atoms with E-state index in [9.17, 15) is 9.59 Å². The largest absolute Gasteiger partial charge is 0.342 e. The van der Waals surface area contributed by atoms with Crippen LogP contribution in [0.15, 0.2) is 0 Å². The lowest BCUT2D eigenvalue weighted by Gasteiger charge is -2.42. The van der Waals surface area contributed by atoms with Gasteiger partial charge in [0, 0.05) is 37.6 Å². The molecule has 4 unspecified atom stereocenters. The Morgan fingerprint density at radius 2 is 1.87 bits per heavy atom. The number of hydrogen-bond acceptors (Lipinski definition) is 3. The fourth-order valence-corrected chi connectivity index (χ4v) is 3.88. The molecule has 0 aromatic carbocycles. The number of amides is 2. The minimum Gasteiger partial charge on any atom is -0.342 e. The summed E-state index contributed by atoms with van der Waals surface area (Å²) in [4.78, 5) is 29.4. The molecule has 0 saturated carbocycles. The molecule has 2 rings (SSSR count). The number of nitrogens with zero attached hydrogens (tertiary/aromatic N) is 2. The molecule has 0 aliphatic carbocycles. The summed E-state index contributed by atoms with van der Waals surface area (Å²) in [5.41, 5.74) is 6.10. The van der Waals surface area contributed by atoms with Crippen molar-refractivity contribution in [3.05, 3.63) is 0 Å². The van der Waals surface area contributed by atoms with Crippen LogP contribution in [0.5, 0.6) is 0 Å². The van der Waals surface area contributed by atoms with Gasteiger partial charge in [0.2, 0.25) is 11.8 Å². The van der Waals surface area contributed by atoms with Crippen molar-refractivity contribution in [2.45, 2.75) is 71.4 Å². The van der Waals surface area contributed by atoms with Crippen molar-refractivity contribution in [2.75, 3.05) is 19.6 Å². The topological polar surface area (TPSA) is 66.6 Å². The van der Waals surface area contributed by atoms with Crippen LogP contribution in [-0.2, 0) is 9.59 Å². The molecule has 2 aliphatic heterocycles. The Kier molecular flexibility index (Phi) is 6.45. The van der Waals surface area contributed by atoms with Gasteiger partial charge in [-0.2, -0.15) is 0 Å². The third-order valence-electron chi connectivity index (χ3n) is 5.56. The Hall–Kier alpha value is -1.10. The highest BCUT2D eigenvalue weighted by atomic mass is 16.2. The number of piperidine rings is 2. The van der Waals surface area contributed by atoms with Crippen molar-refractivity contribution in [3.8, 4) is 0 Å². The molecule has 2 fully saturated rings. The van der Waals surface area contributed by atoms with Crippen LogP contribution in [-0.4, -0.2) is 53.3 Å². The fraction of sp³-hybridized carbons (Fsp3) is 0.889. The van der Waals surface area contributed by atoms with Crippen LogP contribution >= 0.6 is 0 Å². The van der Waals surface area contributed by atoms with E-state index < -0.39 is 0 Å². The van der Waals surface area contributed by atoms with Crippen LogP contribution in [0.4, 0.5) is 0 Å². The predicted octanol–water partition coefficient (Wildman–Crippen LogP) is 2.00. The molecule has 0 aromatic rings. The summed E-state index contributed by atoms with van der Waals surface area (Å²) < 4.78 is 0. The summed E-state index contributed by atoms with van der Waals surface area (Å²) >= 11 is 0. The molecular formula is C18H33N3O2. The Morgan fingerprint density at radius 1 is 1.13 bits per heavy atom. The van der Waals surface area contributed by atoms with E-state index in [2.05, 4.69) is 0 Å². The van der Waals surface area contributed by atoms with E-state index in [0.717, 1.165) is 51.6 Å². The third kappa shape index (κ3) is 4.25. The maximum absolute atomic E-state index is 13.0. The zero-order chi connectivity index (χ0) is 17.0. The summed E-state index contributed by atoms with van der Waals surface area (Å²) in [5, 5.41) is 0. The second-order valence-corrected chi connectivity index (χ2v) is 7.39. The summed E-state index contributed by atoms with van der Waals surface area (Å²) in [5.74, 6) is 0.424. The van der Waals surface area contributed by atoms with Crippen LogP contribution in [0.2, 0.25) is 0 Å². The van der Waals surface area contributed by atoms with Gasteiger partial charge in [0.15, 0.2) is 0 Å². The van der Waals surface area contributed by atoms with Gasteiger partial charge in [-0.25, -0.2) is 0 Å². The van der Waals surface area contributed by atoms with Gasteiger partial charge in [-0.1, -0.05) is 13.8 Å². The molecule has 2 aliphatic rings. The standard InChI is InChI=1S/C18H33N3O2/c1-4-13(2)17(22)20-10-7-8-15(12-20)18(23)21-11-6-5-9-16(21)14(3)19/h13-16H,4-12,19H2,1-3H3. The van der Waals surface area contributed by atoms with E-state index in [1.54, 1.807) is 0 Å². The summed E-state index contributed by atoms with van der Waals surface area (Å²) in [6.07, 6.45) is 5.90. The quantitative estimate of drug-likeness (QED) is 0.860. The van der Waals surface area contributed by atoms with Crippen molar-refractivity contribution < 1.29 is 9.59 Å². The molecule has 132 valence electrons. The number of carbonyl (C=O) groups is 2. The van der Waals surface area contributed by atoms with Crippen molar-refractivity contribution in [2.24, 2.45) is 17.6 Å². The SMILES string of the molecule is CCC(C)C(=O)N1CCCC(C(=O)N2CCCCC2C(C)N)C1. The summed E-state index contributed by atoms with van der Waals surface area (Å²) in [6.45, 7) is 8.21. The minimum absolute atomic E-state index is 0.0145. The minimum atomic E-state index is -0.0453. The lowest BCUT2D eigenvalue weighted by Crippen LogP contribution is -2.55. The highest BCUT2D eigenvalue weighted by Gasteiger charge is 2.36. The molecule has 5 nitrogen and oxygen atoms in total. The van der Waals surface area contributed by atoms with Crippen molar-refractivity contribution in [3.63, 3.8) is 0 Å². The van der Waals surface area contributed by atoms with Crippen LogP contribution in [0.3, 0.4) is 0 Å². The smallest absolute Gasteiger partial charge is 0.227 e. The van der Waals surface area contributed by atoms with Crippen LogP contribution in [0.25, 0.3) is 0 Å².